The largest absolute Gasteiger partial charge is 0.497 e. The fraction of sp³-hybridized carbons (Fsp3) is 0.360. The van der Waals surface area contributed by atoms with Crippen molar-refractivity contribution in [3.63, 3.8) is 0 Å². The van der Waals surface area contributed by atoms with Crippen LogP contribution in [0.15, 0.2) is 57.7 Å². The monoisotopic (exact) mass is 542 g/mol. The highest BCUT2D eigenvalue weighted by molar-refractivity contribution is 8.41. The van der Waals surface area contributed by atoms with E-state index in [1.807, 2.05) is 36.2 Å². The fourth-order valence-corrected chi connectivity index (χ4v) is 8.74. The van der Waals surface area contributed by atoms with Gasteiger partial charge in [0.1, 0.15) is 17.6 Å². The van der Waals surface area contributed by atoms with E-state index in [4.69, 9.17) is 9.47 Å². The van der Waals surface area contributed by atoms with Crippen molar-refractivity contribution in [2.24, 2.45) is 0 Å². The Morgan fingerprint density at radius 2 is 2.00 bits per heavy atom. The molecule has 0 amide bonds. The van der Waals surface area contributed by atoms with Crippen molar-refractivity contribution in [1.29, 1.82) is 0 Å². The molecule has 2 aromatic rings. The van der Waals surface area contributed by atoms with E-state index in [1.54, 1.807) is 30.6 Å². The number of likely N-dealkylation sites (tertiary alicyclic amines) is 1. The van der Waals surface area contributed by atoms with Gasteiger partial charge in [-0.05, 0) is 50.2 Å². The zero-order valence-electron chi connectivity index (χ0n) is 19.6. The summed E-state index contributed by atoms with van der Waals surface area (Å²) in [6.45, 7) is 1.40. The number of nitrogens with one attached hydrogen (secondary N) is 1. The number of anilines is 1. The van der Waals surface area contributed by atoms with Crippen molar-refractivity contribution < 1.29 is 22.6 Å². The smallest absolute Gasteiger partial charge is 0.419 e. The van der Waals surface area contributed by atoms with Gasteiger partial charge < -0.3 is 19.1 Å². The third-order valence-corrected chi connectivity index (χ3v) is 10.9. The van der Waals surface area contributed by atoms with Gasteiger partial charge in [-0.1, -0.05) is 23.9 Å². The van der Waals surface area contributed by atoms with Gasteiger partial charge in [-0.3, -0.25) is 0 Å². The zero-order valence-corrected chi connectivity index (χ0v) is 22.1. The number of rotatable bonds is 8. The van der Waals surface area contributed by atoms with Gasteiger partial charge in [0, 0.05) is 34.0 Å². The Kier molecular flexibility index (Phi) is 7.95. The van der Waals surface area contributed by atoms with Crippen molar-refractivity contribution in [3.8, 4) is 11.5 Å². The maximum absolute atomic E-state index is 13.6. The summed E-state index contributed by atoms with van der Waals surface area (Å²) in [7, 11) is 1.62. The van der Waals surface area contributed by atoms with Gasteiger partial charge in [0.25, 0.3) is 0 Å². The topological polar surface area (TPSA) is 33.7 Å². The maximum Gasteiger partial charge on any atom is 0.419 e. The van der Waals surface area contributed by atoms with Gasteiger partial charge in [0.05, 0.1) is 17.3 Å². The van der Waals surface area contributed by atoms with Crippen molar-refractivity contribution in [2.45, 2.75) is 34.6 Å². The Labute approximate surface area is 213 Å². The lowest BCUT2D eigenvalue weighted by Gasteiger charge is -2.23. The Morgan fingerprint density at radius 1 is 1.20 bits per heavy atom. The molecule has 0 bridgehead atoms. The number of hydrogen-bond donors (Lipinski definition) is 1. The molecule has 10 heteroatoms. The number of methoxy groups -OCH3 is 1. The van der Waals surface area contributed by atoms with Crippen molar-refractivity contribution in [3.05, 3.63) is 58.3 Å². The van der Waals surface area contributed by atoms with Crippen LogP contribution in [0.1, 0.15) is 18.4 Å². The third kappa shape index (κ3) is 6.67. The minimum atomic E-state index is -4.49. The lowest BCUT2D eigenvalue weighted by Crippen LogP contribution is -2.22. The Hall–Kier alpha value is -1.88. The van der Waals surface area contributed by atoms with Crippen LogP contribution in [-0.4, -0.2) is 54.6 Å². The third-order valence-electron chi connectivity index (χ3n) is 5.66. The van der Waals surface area contributed by atoms with E-state index in [1.165, 1.54) is 12.1 Å². The normalized spacial score (nSPS) is 21.1. The standard InChI is InChI=1S/C25H29F3N2O2S3/c1-30-13-12-19(16-30)32-22-14-17(8-9-21(22)25(26,27)28)29-35(3,4)24-11-10-23(34-24)33-20-7-5-6-18(15-20)31-2/h5-9,11,14-15,19,23,29H,3-4,10,12-13,16H2,1-2H3/t19-,23?/m1/s1. The molecule has 190 valence electrons. The molecule has 0 saturated carbocycles. The average molecular weight is 543 g/mol. The fourth-order valence-electron chi connectivity index (χ4n) is 3.93. The summed E-state index contributed by atoms with van der Waals surface area (Å²) in [4.78, 5) is 3.16. The molecule has 0 aliphatic carbocycles. The maximum atomic E-state index is 13.6. The summed E-state index contributed by atoms with van der Waals surface area (Å²) >= 11 is 3.44. The first kappa shape index (κ1) is 26.2. The number of ether oxygens (including phenoxy) is 2. The highest BCUT2D eigenvalue weighted by Crippen LogP contribution is 2.51. The number of thioether (sulfide) groups is 2. The van der Waals surface area contributed by atoms with E-state index >= 15 is 0 Å². The van der Waals surface area contributed by atoms with Crippen LogP contribution < -0.4 is 14.2 Å². The van der Waals surface area contributed by atoms with Gasteiger partial charge >= 0.3 is 6.18 Å². The van der Waals surface area contributed by atoms with Gasteiger partial charge in [-0.2, -0.15) is 13.2 Å². The Balaban J connectivity index is 1.46. The van der Waals surface area contributed by atoms with Gasteiger partial charge in [-0.15, -0.1) is 32.9 Å². The molecule has 4 rings (SSSR count). The Morgan fingerprint density at radius 3 is 2.69 bits per heavy atom. The molecule has 35 heavy (non-hydrogen) atoms. The lowest BCUT2D eigenvalue weighted by atomic mass is 10.1. The van der Waals surface area contributed by atoms with Gasteiger partial charge in [0.15, 0.2) is 0 Å². The number of alkyl halides is 3. The second-order valence-electron chi connectivity index (χ2n) is 8.59. The van der Waals surface area contributed by atoms with Crippen LogP contribution in [0.2, 0.25) is 0 Å². The molecule has 1 saturated heterocycles. The molecule has 4 nitrogen and oxygen atoms in total. The van der Waals surface area contributed by atoms with E-state index in [2.05, 4.69) is 22.5 Å². The van der Waals surface area contributed by atoms with Crippen molar-refractivity contribution in [2.75, 3.05) is 32.0 Å². The van der Waals surface area contributed by atoms with Crippen LogP contribution in [0, 0.1) is 0 Å². The second kappa shape index (κ2) is 10.6. The molecule has 2 aromatic carbocycles. The highest BCUT2D eigenvalue weighted by atomic mass is 32.3. The molecule has 0 radical (unpaired) electrons. The summed E-state index contributed by atoms with van der Waals surface area (Å²) in [6, 6.07) is 11.9. The second-order valence-corrected chi connectivity index (χ2v) is 14.1. The summed E-state index contributed by atoms with van der Waals surface area (Å²) in [6.07, 6.45) is -1.09. The molecule has 2 aliphatic heterocycles. The number of likely N-dealkylation sites (N-methyl/N-ethyl adjacent to an activating group) is 1. The first-order valence-electron chi connectivity index (χ1n) is 11.0. The van der Waals surface area contributed by atoms with E-state index < -0.39 is 21.1 Å². The summed E-state index contributed by atoms with van der Waals surface area (Å²) in [5.74, 6) is 9.26. The summed E-state index contributed by atoms with van der Waals surface area (Å²) in [5, 5.41) is 0. The number of halogens is 3. The molecule has 0 aromatic heterocycles. The molecule has 1 unspecified atom stereocenters. The zero-order chi connectivity index (χ0) is 25.2. The van der Waals surface area contributed by atoms with Crippen LogP contribution in [0.25, 0.3) is 0 Å². The molecule has 0 spiro atoms. The SMILES string of the molecule is C=S(=C)(Nc1ccc(C(F)(F)F)c(O[C@@H]2CCN(C)C2)c1)C1=CCC(Sc2cccc(OC)c2)S1. The summed E-state index contributed by atoms with van der Waals surface area (Å²) < 4.78 is 56.6. The van der Waals surface area contributed by atoms with Crippen molar-refractivity contribution >= 4 is 50.3 Å². The van der Waals surface area contributed by atoms with Crippen LogP contribution in [0.4, 0.5) is 18.9 Å². The number of benzene rings is 2. The predicted molar refractivity (Wildman–Crippen MR) is 146 cm³/mol. The molecule has 2 atom stereocenters. The highest BCUT2D eigenvalue weighted by Gasteiger charge is 2.36. The van der Waals surface area contributed by atoms with Crippen LogP contribution in [0.3, 0.4) is 0 Å². The van der Waals surface area contributed by atoms with Crippen LogP contribution >= 0.6 is 32.9 Å². The van der Waals surface area contributed by atoms with Crippen molar-refractivity contribution in [1.82, 2.24) is 4.90 Å². The molecular formula is C25H29F3N2O2S3. The van der Waals surface area contributed by atoms with Gasteiger partial charge in [-0.25, -0.2) is 0 Å². The molecule has 2 aliphatic rings. The molecule has 2 heterocycles. The van der Waals surface area contributed by atoms with E-state index in [0.717, 1.165) is 33.9 Å². The van der Waals surface area contributed by atoms with Gasteiger partial charge in [0.2, 0.25) is 0 Å². The first-order chi connectivity index (χ1) is 16.5. The van der Waals surface area contributed by atoms with E-state index in [9.17, 15) is 13.2 Å². The van der Waals surface area contributed by atoms with E-state index in [-0.39, 0.29) is 16.4 Å². The van der Waals surface area contributed by atoms with Crippen LogP contribution in [-0.2, 0) is 6.18 Å². The van der Waals surface area contributed by atoms with E-state index in [0.29, 0.717) is 18.7 Å². The number of hydrogen-bond acceptors (Lipinski definition) is 6. The summed E-state index contributed by atoms with van der Waals surface area (Å²) in [5.41, 5.74) is -0.250. The molecule has 1 N–H and O–H groups in total. The average Bonchev–Trinajstić information content (AvgIpc) is 3.42. The quantitative estimate of drug-likeness (QED) is 0.366. The van der Waals surface area contributed by atoms with Crippen LogP contribution in [0.5, 0.6) is 11.5 Å². The Bertz CT molecular complexity index is 1200. The number of nitrogens with zero attached hydrogens (tertiary/aromatic N) is 1. The first-order valence-corrected chi connectivity index (χ1v) is 14.8. The minimum absolute atomic E-state index is 0.155. The lowest BCUT2D eigenvalue weighted by molar-refractivity contribution is -0.139. The molecule has 1 fully saturated rings. The molecular weight excluding hydrogens is 513 g/mol. The minimum Gasteiger partial charge on any atom is -0.497 e. The number of allylic oxidation sites excluding steroid dienone is 1. The predicted octanol–water partition coefficient (Wildman–Crippen LogP) is 6.89.